The first kappa shape index (κ1) is 14.9. The normalized spacial score (nSPS) is 30.6. The van der Waals surface area contributed by atoms with Crippen LogP contribution >= 0.6 is 0 Å². The molecule has 0 amide bonds. The lowest BCUT2D eigenvalue weighted by Crippen LogP contribution is -2.33. The highest BCUT2D eigenvalue weighted by Gasteiger charge is 2.33. The van der Waals surface area contributed by atoms with Gasteiger partial charge in [-0.2, -0.15) is 0 Å². The summed E-state index contributed by atoms with van der Waals surface area (Å²) in [6, 6.07) is 0. The molecule has 0 aromatic heterocycles. The highest BCUT2D eigenvalue weighted by Crippen LogP contribution is 2.32. The van der Waals surface area contributed by atoms with E-state index in [-0.39, 0.29) is 29.5 Å². The predicted molar refractivity (Wildman–Crippen MR) is 74.0 cm³/mol. The standard InChI is InChI=1S/C16H22O4/c1-2-15(18)20-14-8-6-11(7-9-14)16(19)12-4-3-5-13(17)10-12/h2,11-12,14H,1,3-10H2. The summed E-state index contributed by atoms with van der Waals surface area (Å²) in [7, 11) is 0. The molecule has 2 rings (SSSR count). The molecule has 2 fully saturated rings. The van der Waals surface area contributed by atoms with E-state index in [2.05, 4.69) is 6.58 Å². The second-order valence-corrected chi connectivity index (χ2v) is 5.85. The maximum atomic E-state index is 12.4. The maximum Gasteiger partial charge on any atom is 0.330 e. The molecule has 1 unspecified atom stereocenters. The molecular formula is C16H22O4. The molecule has 110 valence electrons. The molecule has 0 aliphatic heterocycles. The zero-order chi connectivity index (χ0) is 14.5. The molecule has 0 heterocycles. The van der Waals surface area contributed by atoms with E-state index in [1.54, 1.807) is 0 Å². The number of hydrogen-bond donors (Lipinski definition) is 0. The van der Waals surface area contributed by atoms with Crippen LogP contribution in [0.25, 0.3) is 0 Å². The number of rotatable bonds is 4. The Labute approximate surface area is 119 Å². The van der Waals surface area contributed by atoms with Gasteiger partial charge in [0.15, 0.2) is 0 Å². The van der Waals surface area contributed by atoms with Crippen LogP contribution in [0.5, 0.6) is 0 Å². The van der Waals surface area contributed by atoms with Gasteiger partial charge in [0.1, 0.15) is 17.7 Å². The number of carbonyl (C=O) groups is 3. The van der Waals surface area contributed by atoms with Crippen LogP contribution in [-0.4, -0.2) is 23.6 Å². The van der Waals surface area contributed by atoms with Crippen molar-refractivity contribution in [1.82, 2.24) is 0 Å². The molecule has 0 saturated heterocycles. The van der Waals surface area contributed by atoms with Crippen LogP contribution < -0.4 is 0 Å². The Kier molecular flexibility index (Phi) is 5.10. The summed E-state index contributed by atoms with van der Waals surface area (Å²) in [5, 5.41) is 0. The first-order valence-electron chi connectivity index (χ1n) is 7.48. The number of ketones is 2. The maximum absolute atomic E-state index is 12.4. The fourth-order valence-electron chi connectivity index (χ4n) is 3.28. The molecule has 0 bridgehead atoms. The van der Waals surface area contributed by atoms with Gasteiger partial charge in [0.2, 0.25) is 0 Å². The molecule has 2 aliphatic rings. The van der Waals surface area contributed by atoms with Gasteiger partial charge in [0.05, 0.1) is 0 Å². The Hall–Kier alpha value is -1.45. The lowest BCUT2D eigenvalue weighted by atomic mass is 9.76. The molecule has 0 N–H and O–H groups in total. The summed E-state index contributed by atoms with van der Waals surface area (Å²) in [5.41, 5.74) is 0. The lowest BCUT2D eigenvalue weighted by Gasteiger charge is -2.30. The van der Waals surface area contributed by atoms with Gasteiger partial charge in [-0.25, -0.2) is 4.79 Å². The molecular weight excluding hydrogens is 256 g/mol. The van der Waals surface area contributed by atoms with Gasteiger partial charge in [0.25, 0.3) is 0 Å². The predicted octanol–water partition coefficient (Wildman–Crippen LogP) is 2.60. The Morgan fingerprint density at radius 3 is 2.40 bits per heavy atom. The van der Waals surface area contributed by atoms with Gasteiger partial charge in [-0.15, -0.1) is 0 Å². The first-order chi connectivity index (χ1) is 9.60. The molecule has 0 spiro atoms. The Morgan fingerprint density at radius 1 is 1.10 bits per heavy atom. The average molecular weight is 278 g/mol. The second-order valence-electron chi connectivity index (χ2n) is 5.85. The summed E-state index contributed by atoms with van der Waals surface area (Å²) in [6.45, 7) is 3.38. The number of Topliss-reactive ketones (excluding diaryl/α,β-unsaturated/α-hetero) is 2. The van der Waals surface area contributed by atoms with Crippen LogP contribution in [-0.2, 0) is 19.1 Å². The highest BCUT2D eigenvalue weighted by atomic mass is 16.5. The fraction of sp³-hybridized carbons (Fsp3) is 0.688. The van der Waals surface area contributed by atoms with Gasteiger partial charge < -0.3 is 4.74 Å². The van der Waals surface area contributed by atoms with Crippen LogP contribution in [0.1, 0.15) is 51.4 Å². The lowest BCUT2D eigenvalue weighted by molar-refractivity contribution is -0.145. The monoisotopic (exact) mass is 278 g/mol. The van der Waals surface area contributed by atoms with Crippen molar-refractivity contribution in [3.8, 4) is 0 Å². The van der Waals surface area contributed by atoms with Crippen molar-refractivity contribution < 1.29 is 19.1 Å². The van der Waals surface area contributed by atoms with Gasteiger partial charge in [-0.05, 0) is 38.5 Å². The average Bonchev–Trinajstić information content (AvgIpc) is 2.47. The van der Waals surface area contributed by atoms with Gasteiger partial charge in [0, 0.05) is 30.8 Å². The molecule has 4 nitrogen and oxygen atoms in total. The largest absolute Gasteiger partial charge is 0.459 e. The van der Waals surface area contributed by atoms with Crippen molar-refractivity contribution in [1.29, 1.82) is 0 Å². The summed E-state index contributed by atoms with van der Waals surface area (Å²) < 4.78 is 5.21. The Balaban J connectivity index is 1.81. The summed E-state index contributed by atoms with van der Waals surface area (Å²) in [5.74, 6) is 0.0745. The van der Waals surface area contributed by atoms with Gasteiger partial charge >= 0.3 is 5.97 Å². The van der Waals surface area contributed by atoms with Crippen LogP contribution in [0.15, 0.2) is 12.7 Å². The van der Waals surface area contributed by atoms with E-state index < -0.39 is 5.97 Å². The molecule has 0 aromatic rings. The van der Waals surface area contributed by atoms with E-state index in [1.165, 1.54) is 6.08 Å². The second kappa shape index (κ2) is 6.82. The van der Waals surface area contributed by atoms with Crippen molar-refractivity contribution in [3.63, 3.8) is 0 Å². The van der Waals surface area contributed by atoms with Crippen LogP contribution in [0.4, 0.5) is 0 Å². The quantitative estimate of drug-likeness (QED) is 0.586. The van der Waals surface area contributed by atoms with E-state index >= 15 is 0 Å². The molecule has 2 aliphatic carbocycles. The molecule has 20 heavy (non-hydrogen) atoms. The zero-order valence-corrected chi connectivity index (χ0v) is 11.8. The summed E-state index contributed by atoms with van der Waals surface area (Å²) in [4.78, 5) is 35.0. The number of hydrogen-bond acceptors (Lipinski definition) is 4. The van der Waals surface area contributed by atoms with E-state index in [0.717, 1.165) is 38.5 Å². The third kappa shape index (κ3) is 3.78. The molecule has 4 heteroatoms. The van der Waals surface area contributed by atoms with Gasteiger partial charge in [-0.1, -0.05) is 6.58 Å². The van der Waals surface area contributed by atoms with Crippen molar-refractivity contribution in [2.45, 2.75) is 57.5 Å². The number of esters is 1. The third-order valence-electron chi connectivity index (χ3n) is 4.41. The minimum Gasteiger partial charge on any atom is -0.459 e. The van der Waals surface area contributed by atoms with E-state index in [0.29, 0.717) is 12.8 Å². The van der Waals surface area contributed by atoms with Crippen molar-refractivity contribution in [2.75, 3.05) is 0 Å². The summed E-state index contributed by atoms with van der Waals surface area (Å²) >= 11 is 0. The smallest absolute Gasteiger partial charge is 0.330 e. The van der Waals surface area contributed by atoms with E-state index in [4.69, 9.17) is 4.74 Å². The topological polar surface area (TPSA) is 60.4 Å². The number of ether oxygens (including phenoxy) is 1. The third-order valence-corrected chi connectivity index (χ3v) is 4.41. The Bertz CT molecular complexity index is 405. The highest BCUT2D eigenvalue weighted by molar-refractivity contribution is 5.90. The van der Waals surface area contributed by atoms with Crippen LogP contribution in [0.2, 0.25) is 0 Å². The fourth-order valence-corrected chi connectivity index (χ4v) is 3.28. The van der Waals surface area contributed by atoms with Crippen molar-refractivity contribution in [2.24, 2.45) is 11.8 Å². The minimum absolute atomic E-state index is 0.0459. The van der Waals surface area contributed by atoms with Crippen molar-refractivity contribution >= 4 is 17.5 Å². The van der Waals surface area contributed by atoms with Crippen LogP contribution in [0.3, 0.4) is 0 Å². The van der Waals surface area contributed by atoms with Crippen LogP contribution in [0, 0.1) is 11.8 Å². The SMILES string of the molecule is C=CC(=O)OC1CCC(C(=O)C2CCCC(=O)C2)CC1. The zero-order valence-electron chi connectivity index (χ0n) is 11.8. The van der Waals surface area contributed by atoms with Crippen molar-refractivity contribution in [3.05, 3.63) is 12.7 Å². The number of carbonyl (C=O) groups excluding carboxylic acids is 3. The minimum atomic E-state index is -0.391. The molecule has 1 atom stereocenters. The molecule has 0 radical (unpaired) electrons. The first-order valence-corrected chi connectivity index (χ1v) is 7.48. The Morgan fingerprint density at radius 2 is 1.80 bits per heavy atom. The van der Waals surface area contributed by atoms with E-state index in [1.807, 2.05) is 0 Å². The molecule has 2 saturated carbocycles. The summed E-state index contributed by atoms with van der Waals surface area (Å²) in [6.07, 6.45) is 6.85. The van der Waals surface area contributed by atoms with Gasteiger partial charge in [-0.3, -0.25) is 9.59 Å². The molecule has 0 aromatic carbocycles. The van der Waals surface area contributed by atoms with E-state index in [9.17, 15) is 14.4 Å².